The van der Waals surface area contributed by atoms with Crippen molar-refractivity contribution in [2.24, 2.45) is 5.92 Å². The van der Waals surface area contributed by atoms with Crippen LogP contribution in [-0.2, 0) is 14.3 Å². The van der Waals surface area contributed by atoms with E-state index in [9.17, 15) is 14.4 Å². The molecule has 112 valence electrons. The van der Waals surface area contributed by atoms with Crippen molar-refractivity contribution >= 4 is 23.5 Å². The monoisotopic (exact) mass is 291 g/mol. The number of carboxylic acid groups (broad SMARTS) is 1. The molecule has 0 bridgehead atoms. The number of rotatable bonds is 4. The minimum atomic E-state index is -0.969. The highest BCUT2D eigenvalue weighted by molar-refractivity contribution is 5.99. The molecule has 0 spiro atoms. The third kappa shape index (κ3) is 3.39. The van der Waals surface area contributed by atoms with Crippen LogP contribution in [0.1, 0.15) is 30.6 Å². The Kier molecular flexibility index (Phi) is 4.26. The molecular weight excluding hydrogens is 274 g/mol. The fourth-order valence-corrected chi connectivity index (χ4v) is 2.18. The van der Waals surface area contributed by atoms with Gasteiger partial charge in [0.15, 0.2) is 0 Å². The molecule has 1 N–H and O–H groups in total. The number of carbonyl (C=O) groups is 3. The van der Waals surface area contributed by atoms with E-state index in [0.29, 0.717) is 11.3 Å². The maximum Gasteiger partial charge on any atom is 0.338 e. The lowest BCUT2D eigenvalue weighted by molar-refractivity contribution is -0.141. The zero-order chi connectivity index (χ0) is 15.6. The molecule has 2 rings (SSSR count). The minimum absolute atomic E-state index is 0.00642. The summed E-state index contributed by atoms with van der Waals surface area (Å²) >= 11 is 0. The summed E-state index contributed by atoms with van der Waals surface area (Å²) in [6.07, 6.45) is -0.194. The van der Waals surface area contributed by atoms with Gasteiger partial charge in [0.25, 0.3) is 0 Å². The molecule has 1 atom stereocenters. The van der Waals surface area contributed by atoms with Crippen molar-refractivity contribution in [2.75, 3.05) is 11.4 Å². The van der Waals surface area contributed by atoms with Crippen LogP contribution in [0.3, 0.4) is 0 Å². The fourth-order valence-electron chi connectivity index (χ4n) is 2.18. The van der Waals surface area contributed by atoms with Crippen molar-refractivity contribution in [3.63, 3.8) is 0 Å². The second kappa shape index (κ2) is 5.95. The van der Waals surface area contributed by atoms with Crippen LogP contribution in [-0.4, -0.2) is 35.6 Å². The molecule has 0 unspecified atom stereocenters. The van der Waals surface area contributed by atoms with Gasteiger partial charge in [0.1, 0.15) is 0 Å². The molecule has 0 aromatic heterocycles. The van der Waals surface area contributed by atoms with Crippen molar-refractivity contribution in [1.82, 2.24) is 0 Å². The van der Waals surface area contributed by atoms with Gasteiger partial charge in [-0.3, -0.25) is 9.59 Å². The van der Waals surface area contributed by atoms with E-state index >= 15 is 0 Å². The van der Waals surface area contributed by atoms with Crippen LogP contribution < -0.4 is 4.90 Å². The summed E-state index contributed by atoms with van der Waals surface area (Å²) in [7, 11) is 0. The van der Waals surface area contributed by atoms with Crippen LogP contribution in [0.5, 0.6) is 0 Å². The molecule has 0 saturated carbocycles. The molecule has 1 aromatic rings. The zero-order valence-corrected chi connectivity index (χ0v) is 11.9. The Morgan fingerprint density at radius 3 is 2.38 bits per heavy atom. The van der Waals surface area contributed by atoms with E-state index in [1.807, 2.05) is 0 Å². The summed E-state index contributed by atoms with van der Waals surface area (Å²) in [6.45, 7) is 3.69. The summed E-state index contributed by atoms with van der Waals surface area (Å²) in [6, 6.07) is 6.39. The molecule has 1 fully saturated rings. The van der Waals surface area contributed by atoms with E-state index in [1.54, 1.807) is 38.1 Å². The lowest BCUT2D eigenvalue weighted by Gasteiger charge is -2.16. The average Bonchev–Trinajstić information content (AvgIpc) is 2.80. The molecular formula is C15H17NO5. The van der Waals surface area contributed by atoms with Crippen LogP contribution in [0, 0.1) is 5.92 Å². The van der Waals surface area contributed by atoms with Crippen LogP contribution >= 0.6 is 0 Å². The van der Waals surface area contributed by atoms with Gasteiger partial charge in [0.2, 0.25) is 5.91 Å². The van der Waals surface area contributed by atoms with E-state index in [4.69, 9.17) is 9.84 Å². The third-order valence-electron chi connectivity index (χ3n) is 3.23. The first-order valence-corrected chi connectivity index (χ1v) is 6.72. The fraction of sp³-hybridized carbons (Fsp3) is 0.400. The van der Waals surface area contributed by atoms with Gasteiger partial charge in [-0.25, -0.2) is 4.79 Å². The van der Waals surface area contributed by atoms with Gasteiger partial charge in [-0.15, -0.1) is 0 Å². The second-order valence-corrected chi connectivity index (χ2v) is 5.24. The van der Waals surface area contributed by atoms with Gasteiger partial charge in [-0.05, 0) is 38.1 Å². The van der Waals surface area contributed by atoms with Crippen molar-refractivity contribution in [1.29, 1.82) is 0 Å². The first-order chi connectivity index (χ1) is 9.88. The molecule has 1 aromatic carbocycles. The summed E-state index contributed by atoms with van der Waals surface area (Å²) in [5.41, 5.74) is 0.985. The number of nitrogens with zero attached hydrogens (tertiary/aromatic N) is 1. The molecule has 0 radical (unpaired) electrons. The predicted octanol–water partition coefficient (Wildman–Crippen LogP) is 1.69. The minimum Gasteiger partial charge on any atom is -0.481 e. The number of anilines is 1. The maximum atomic E-state index is 11.8. The number of carbonyl (C=O) groups excluding carboxylic acids is 2. The SMILES string of the molecule is CC(C)OC(=O)c1ccc(N2C[C@H](C(=O)O)CC2=O)cc1. The number of benzene rings is 1. The molecule has 6 nitrogen and oxygen atoms in total. The normalized spacial score (nSPS) is 18.1. The number of carboxylic acids is 1. The Labute approximate surface area is 122 Å². The Morgan fingerprint density at radius 2 is 1.90 bits per heavy atom. The predicted molar refractivity (Wildman–Crippen MR) is 75.1 cm³/mol. The number of aliphatic carboxylic acids is 1. The number of amides is 1. The molecule has 1 aliphatic heterocycles. The molecule has 6 heteroatoms. The van der Waals surface area contributed by atoms with Gasteiger partial charge >= 0.3 is 11.9 Å². The van der Waals surface area contributed by atoms with Gasteiger partial charge in [-0.2, -0.15) is 0 Å². The smallest absolute Gasteiger partial charge is 0.338 e. The number of hydrogen-bond acceptors (Lipinski definition) is 4. The van der Waals surface area contributed by atoms with Crippen molar-refractivity contribution in [3.05, 3.63) is 29.8 Å². The van der Waals surface area contributed by atoms with E-state index in [1.165, 1.54) is 4.90 Å². The van der Waals surface area contributed by atoms with Gasteiger partial charge in [0, 0.05) is 18.7 Å². The number of esters is 1. The van der Waals surface area contributed by atoms with Crippen molar-refractivity contribution < 1.29 is 24.2 Å². The topological polar surface area (TPSA) is 83.9 Å². The number of ether oxygens (including phenoxy) is 1. The van der Waals surface area contributed by atoms with Crippen molar-refractivity contribution in [3.8, 4) is 0 Å². The maximum absolute atomic E-state index is 11.8. The summed E-state index contributed by atoms with van der Waals surface area (Å²) in [5, 5.41) is 8.96. The first kappa shape index (κ1) is 15.0. The summed E-state index contributed by atoms with van der Waals surface area (Å²) in [5.74, 6) is -2.29. The molecule has 0 aliphatic carbocycles. The quantitative estimate of drug-likeness (QED) is 0.853. The van der Waals surface area contributed by atoms with Crippen LogP contribution in [0.4, 0.5) is 5.69 Å². The Morgan fingerprint density at radius 1 is 1.29 bits per heavy atom. The van der Waals surface area contributed by atoms with Crippen LogP contribution in [0.2, 0.25) is 0 Å². The van der Waals surface area contributed by atoms with Gasteiger partial charge in [0.05, 0.1) is 17.6 Å². The van der Waals surface area contributed by atoms with E-state index in [2.05, 4.69) is 0 Å². The Bertz CT molecular complexity index is 564. The zero-order valence-electron chi connectivity index (χ0n) is 11.9. The largest absolute Gasteiger partial charge is 0.481 e. The third-order valence-corrected chi connectivity index (χ3v) is 3.23. The van der Waals surface area contributed by atoms with Crippen LogP contribution in [0.15, 0.2) is 24.3 Å². The lowest BCUT2D eigenvalue weighted by Crippen LogP contribution is -2.25. The Hall–Kier alpha value is -2.37. The molecule has 1 saturated heterocycles. The van der Waals surface area contributed by atoms with Gasteiger partial charge < -0.3 is 14.7 Å². The van der Waals surface area contributed by atoms with Gasteiger partial charge in [-0.1, -0.05) is 0 Å². The molecule has 1 aliphatic rings. The van der Waals surface area contributed by atoms with E-state index in [0.717, 1.165) is 0 Å². The highest BCUT2D eigenvalue weighted by Crippen LogP contribution is 2.25. The summed E-state index contributed by atoms with van der Waals surface area (Å²) < 4.78 is 5.07. The highest BCUT2D eigenvalue weighted by Gasteiger charge is 2.35. The standard InChI is InChI=1S/C15H17NO5/c1-9(2)21-15(20)10-3-5-12(6-4-10)16-8-11(14(18)19)7-13(16)17/h3-6,9,11H,7-8H2,1-2H3,(H,18,19)/t11-/m1/s1. The van der Waals surface area contributed by atoms with E-state index in [-0.39, 0.29) is 25.0 Å². The average molecular weight is 291 g/mol. The highest BCUT2D eigenvalue weighted by atomic mass is 16.5. The summed E-state index contributed by atoms with van der Waals surface area (Å²) in [4.78, 5) is 35.9. The van der Waals surface area contributed by atoms with E-state index < -0.39 is 17.9 Å². The first-order valence-electron chi connectivity index (χ1n) is 6.72. The Balaban J connectivity index is 2.11. The number of hydrogen-bond donors (Lipinski definition) is 1. The van der Waals surface area contributed by atoms with Crippen LogP contribution in [0.25, 0.3) is 0 Å². The molecule has 1 heterocycles. The second-order valence-electron chi connectivity index (χ2n) is 5.24. The van der Waals surface area contributed by atoms with Crippen molar-refractivity contribution in [2.45, 2.75) is 26.4 Å². The molecule has 1 amide bonds. The molecule has 21 heavy (non-hydrogen) atoms. The lowest BCUT2D eigenvalue weighted by atomic mass is 10.1.